The highest BCUT2D eigenvalue weighted by Gasteiger charge is 2.10. The maximum atomic E-state index is 12.7. The predicted molar refractivity (Wildman–Crippen MR) is 137 cm³/mol. The number of aromatic amines is 1. The maximum Gasteiger partial charge on any atom is 0.255 e. The summed E-state index contributed by atoms with van der Waals surface area (Å²) >= 11 is 0. The van der Waals surface area contributed by atoms with Gasteiger partial charge in [-0.1, -0.05) is 45.0 Å². The van der Waals surface area contributed by atoms with Crippen molar-refractivity contribution in [2.45, 2.75) is 46.0 Å². The summed E-state index contributed by atoms with van der Waals surface area (Å²) in [4.78, 5) is 32.2. The topological polar surface area (TPSA) is 86.9 Å². The standard InChI is InChI=1S/C28H30N4O2/c1-4-27(33)29-22-11-5-19(6-12-22)7-16-26-31-24-15-10-21(17-25(24)32-26)28(34)30-23-13-8-20(9-14-23)18(2)3/h5-6,8-15,17-18H,4,7,16H2,1-3H3,(H,29,33)(H,30,34)(H,31,32). The third kappa shape index (κ3) is 5.70. The molecule has 0 spiro atoms. The van der Waals surface area contributed by atoms with Crippen LogP contribution in [0.15, 0.2) is 66.7 Å². The molecule has 3 aromatic carbocycles. The first-order valence-electron chi connectivity index (χ1n) is 11.7. The molecule has 6 heteroatoms. The van der Waals surface area contributed by atoms with E-state index >= 15 is 0 Å². The molecule has 6 nitrogen and oxygen atoms in total. The van der Waals surface area contributed by atoms with Gasteiger partial charge in [0.1, 0.15) is 5.82 Å². The van der Waals surface area contributed by atoms with Gasteiger partial charge in [-0.05, 0) is 65.9 Å². The molecule has 4 aromatic rings. The lowest BCUT2D eigenvalue weighted by Gasteiger charge is -2.08. The summed E-state index contributed by atoms with van der Waals surface area (Å²) in [6.07, 6.45) is 2.03. The highest BCUT2D eigenvalue weighted by atomic mass is 16.2. The van der Waals surface area contributed by atoms with Crippen molar-refractivity contribution in [3.8, 4) is 0 Å². The van der Waals surface area contributed by atoms with Gasteiger partial charge < -0.3 is 15.6 Å². The fourth-order valence-electron chi connectivity index (χ4n) is 3.74. The highest BCUT2D eigenvalue weighted by Crippen LogP contribution is 2.20. The zero-order valence-corrected chi connectivity index (χ0v) is 19.8. The fraction of sp³-hybridized carbons (Fsp3) is 0.250. The van der Waals surface area contributed by atoms with Gasteiger partial charge in [-0.15, -0.1) is 0 Å². The van der Waals surface area contributed by atoms with Gasteiger partial charge in [0, 0.05) is 29.8 Å². The minimum absolute atomic E-state index is 0.00658. The summed E-state index contributed by atoms with van der Waals surface area (Å²) in [5, 5.41) is 5.82. The molecule has 0 aliphatic heterocycles. The van der Waals surface area contributed by atoms with Gasteiger partial charge in [0.05, 0.1) is 11.0 Å². The second-order valence-corrected chi connectivity index (χ2v) is 8.74. The minimum atomic E-state index is -0.148. The summed E-state index contributed by atoms with van der Waals surface area (Å²) in [5.41, 5.74) is 6.25. The Morgan fingerprint density at radius 3 is 2.24 bits per heavy atom. The molecule has 1 aromatic heterocycles. The van der Waals surface area contributed by atoms with Crippen LogP contribution in [0.2, 0.25) is 0 Å². The molecule has 4 rings (SSSR count). The number of nitrogens with zero attached hydrogens (tertiary/aromatic N) is 1. The lowest BCUT2D eigenvalue weighted by molar-refractivity contribution is -0.115. The van der Waals surface area contributed by atoms with E-state index in [2.05, 4.69) is 34.4 Å². The van der Waals surface area contributed by atoms with Crippen LogP contribution >= 0.6 is 0 Å². The van der Waals surface area contributed by atoms with E-state index in [9.17, 15) is 9.59 Å². The predicted octanol–water partition coefficient (Wildman–Crippen LogP) is 6.07. The second kappa shape index (κ2) is 10.3. The number of anilines is 2. The van der Waals surface area contributed by atoms with Gasteiger partial charge in [0.15, 0.2) is 0 Å². The Morgan fingerprint density at radius 1 is 0.882 bits per heavy atom. The number of fused-ring (bicyclic) bond motifs is 1. The molecule has 174 valence electrons. The van der Waals surface area contributed by atoms with E-state index in [-0.39, 0.29) is 11.8 Å². The molecule has 0 unspecified atom stereocenters. The van der Waals surface area contributed by atoms with Crippen molar-refractivity contribution in [2.75, 3.05) is 10.6 Å². The van der Waals surface area contributed by atoms with Gasteiger partial charge in [0.25, 0.3) is 5.91 Å². The molecular formula is C28H30N4O2. The van der Waals surface area contributed by atoms with E-state index in [0.717, 1.165) is 41.1 Å². The summed E-state index contributed by atoms with van der Waals surface area (Å²) in [5.74, 6) is 1.19. The molecular weight excluding hydrogens is 424 g/mol. The van der Waals surface area contributed by atoms with Crippen molar-refractivity contribution in [3.05, 3.63) is 89.2 Å². The molecule has 3 N–H and O–H groups in total. The number of carbonyl (C=O) groups is 2. The molecule has 0 atom stereocenters. The number of benzene rings is 3. The van der Waals surface area contributed by atoms with Crippen LogP contribution < -0.4 is 10.6 Å². The first-order chi connectivity index (χ1) is 16.4. The third-order valence-corrected chi connectivity index (χ3v) is 5.84. The normalized spacial score (nSPS) is 11.1. The van der Waals surface area contributed by atoms with Crippen LogP contribution in [0, 0.1) is 0 Å². The number of carbonyl (C=O) groups excluding carboxylic acids is 2. The summed E-state index contributed by atoms with van der Waals surface area (Å²) in [6, 6.07) is 21.3. The van der Waals surface area contributed by atoms with E-state index < -0.39 is 0 Å². The van der Waals surface area contributed by atoms with Crippen LogP contribution in [0.5, 0.6) is 0 Å². The van der Waals surface area contributed by atoms with Gasteiger partial charge in [-0.2, -0.15) is 0 Å². The van der Waals surface area contributed by atoms with Crippen LogP contribution in [0.3, 0.4) is 0 Å². The van der Waals surface area contributed by atoms with Crippen molar-refractivity contribution < 1.29 is 9.59 Å². The Hall–Kier alpha value is -3.93. The molecule has 1 heterocycles. The maximum absolute atomic E-state index is 12.7. The lowest BCUT2D eigenvalue weighted by Crippen LogP contribution is -2.11. The Bertz CT molecular complexity index is 1290. The molecule has 34 heavy (non-hydrogen) atoms. The Labute approximate surface area is 199 Å². The molecule has 0 radical (unpaired) electrons. The van der Waals surface area contributed by atoms with E-state index in [4.69, 9.17) is 0 Å². The van der Waals surface area contributed by atoms with Crippen molar-refractivity contribution >= 4 is 34.2 Å². The molecule has 0 aliphatic carbocycles. The summed E-state index contributed by atoms with van der Waals surface area (Å²) in [6.45, 7) is 6.12. The van der Waals surface area contributed by atoms with Crippen LogP contribution in [-0.2, 0) is 17.6 Å². The molecule has 0 fully saturated rings. The van der Waals surface area contributed by atoms with E-state index in [1.807, 2.05) is 67.6 Å². The molecule has 0 saturated carbocycles. The van der Waals surface area contributed by atoms with Crippen molar-refractivity contribution in [3.63, 3.8) is 0 Å². The SMILES string of the molecule is CCC(=O)Nc1ccc(CCc2nc3ccc(C(=O)Nc4ccc(C(C)C)cc4)cc3[nH]2)cc1. The summed E-state index contributed by atoms with van der Waals surface area (Å²) < 4.78 is 0. The Balaban J connectivity index is 1.38. The van der Waals surface area contributed by atoms with Gasteiger partial charge >= 0.3 is 0 Å². The highest BCUT2D eigenvalue weighted by molar-refractivity contribution is 6.05. The Morgan fingerprint density at radius 2 is 1.56 bits per heavy atom. The average molecular weight is 455 g/mol. The minimum Gasteiger partial charge on any atom is -0.342 e. The van der Waals surface area contributed by atoms with Crippen molar-refractivity contribution in [2.24, 2.45) is 0 Å². The lowest BCUT2D eigenvalue weighted by atomic mass is 10.0. The van der Waals surface area contributed by atoms with Crippen molar-refractivity contribution in [1.82, 2.24) is 9.97 Å². The number of rotatable bonds is 8. The number of nitrogens with one attached hydrogen (secondary N) is 3. The molecule has 0 aliphatic rings. The second-order valence-electron chi connectivity index (χ2n) is 8.74. The van der Waals surface area contributed by atoms with E-state index in [0.29, 0.717) is 17.9 Å². The number of amides is 2. The number of H-pyrrole nitrogens is 1. The van der Waals surface area contributed by atoms with Gasteiger partial charge in [-0.25, -0.2) is 4.98 Å². The third-order valence-electron chi connectivity index (χ3n) is 5.84. The summed E-state index contributed by atoms with van der Waals surface area (Å²) in [7, 11) is 0. The first-order valence-corrected chi connectivity index (χ1v) is 11.7. The monoisotopic (exact) mass is 454 g/mol. The number of imidazole rings is 1. The average Bonchev–Trinajstić information content (AvgIpc) is 3.26. The number of hydrogen-bond donors (Lipinski definition) is 3. The zero-order valence-electron chi connectivity index (χ0n) is 19.8. The van der Waals surface area contributed by atoms with E-state index in [1.165, 1.54) is 11.1 Å². The zero-order chi connectivity index (χ0) is 24.1. The number of hydrogen-bond acceptors (Lipinski definition) is 3. The fourth-order valence-corrected chi connectivity index (χ4v) is 3.74. The molecule has 0 bridgehead atoms. The first kappa shape index (κ1) is 23.2. The van der Waals surface area contributed by atoms with Gasteiger partial charge in [-0.3, -0.25) is 9.59 Å². The molecule has 0 saturated heterocycles. The number of aromatic nitrogens is 2. The van der Waals surface area contributed by atoms with Crippen LogP contribution in [0.25, 0.3) is 11.0 Å². The largest absolute Gasteiger partial charge is 0.342 e. The van der Waals surface area contributed by atoms with E-state index in [1.54, 1.807) is 6.07 Å². The van der Waals surface area contributed by atoms with Crippen LogP contribution in [-0.4, -0.2) is 21.8 Å². The smallest absolute Gasteiger partial charge is 0.255 e. The van der Waals surface area contributed by atoms with Crippen LogP contribution in [0.4, 0.5) is 11.4 Å². The van der Waals surface area contributed by atoms with Crippen LogP contribution in [0.1, 0.15) is 60.4 Å². The molecule has 2 amide bonds. The van der Waals surface area contributed by atoms with Gasteiger partial charge in [0.2, 0.25) is 5.91 Å². The number of aryl methyl sites for hydroxylation is 2. The Kier molecular flexibility index (Phi) is 7.07. The quantitative estimate of drug-likeness (QED) is 0.302. The van der Waals surface area contributed by atoms with Crippen molar-refractivity contribution in [1.29, 1.82) is 0 Å².